The highest BCUT2D eigenvalue weighted by Gasteiger charge is 1.98. The zero-order valence-electron chi connectivity index (χ0n) is 6.99. The molecule has 13 heavy (non-hydrogen) atoms. The average Bonchev–Trinajstić information content (AvgIpc) is 2.18. The van der Waals surface area contributed by atoms with Gasteiger partial charge >= 0.3 is 0 Å². The molecule has 1 aromatic heterocycles. The van der Waals surface area contributed by atoms with Gasteiger partial charge in [0.25, 0.3) is 0 Å². The van der Waals surface area contributed by atoms with Crippen LogP contribution in [0.25, 0.3) is 17.0 Å². The summed E-state index contributed by atoms with van der Waals surface area (Å²) in [4.78, 5) is 11.4. The van der Waals surface area contributed by atoms with E-state index in [4.69, 9.17) is 4.42 Å². The lowest BCUT2D eigenvalue weighted by molar-refractivity contribution is 0.602. The van der Waals surface area contributed by atoms with E-state index < -0.39 is 0 Å². The number of fused-ring (bicyclic) bond motifs is 1. The van der Waals surface area contributed by atoms with Gasteiger partial charge in [-0.25, -0.2) is 0 Å². The fourth-order valence-electron chi connectivity index (χ4n) is 1.23. The highest BCUT2D eigenvalue weighted by Crippen LogP contribution is 2.12. The van der Waals surface area contributed by atoms with Crippen LogP contribution in [0.15, 0.2) is 46.3 Å². The summed E-state index contributed by atoms with van der Waals surface area (Å²) >= 11 is 0. The van der Waals surface area contributed by atoms with Gasteiger partial charge in [-0.1, -0.05) is 18.7 Å². The van der Waals surface area contributed by atoms with E-state index in [0.29, 0.717) is 11.0 Å². The van der Waals surface area contributed by atoms with E-state index in [1.165, 1.54) is 12.3 Å². The normalized spacial score (nSPS) is 10.2. The Hall–Kier alpha value is -1.83. The zero-order chi connectivity index (χ0) is 9.26. The first kappa shape index (κ1) is 7.80. The summed E-state index contributed by atoms with van der Waals surface area (Å²) in [6, 6.07) is 6.81. The molecule has 2 rings (SSSR count). The fourth-order valence-corrected chi connectivity index (χ4v) is 1.23. The number of benzene rings is 1. The van der Waals surface area contributed by atoms with Crippen molar-refractivity contribution in [3.63, 3.8) is 0 Å². The minimum Gasteiger partial charge on any atom is -0.464 e. The fraction of sp³-hybridized carbons (Fsp3) is 0. The third kappa shape index (κ3) is 1.26. The molecule has 2 nitrogen and oxygen atoms in total. The lowest BCUT2D eigenvalue weighted by atomic mass is 10.1. The molecule has 0 atom stereocenters. The van der Waals surface area contributed by atoms with E-state index in [0.717, 1.165) is 5.56 Å². The first-order chi connectivity index (χ1) is 6.31. The van der Waals surface area contributed by atoms with E-state index in [9.17, 15) is 4.79 Å². The maximum Gasteiger partial charge on any atom is 0.192 e. The maximum absolute atomic E-state index is 11.4. The van der Waals surface area contributed by atoms with Gasteiger partial charge < -0.3 is 4.42 Å². The topological polar surface area (TPSA) is 30.2 Å². The number of rotatable bonds is 1. The van der Waals surface area contributed by atoms with Crippen molar-refractivity contribution < 1.29 is 4.42 Å². The predicted octanol–water partition coefficient (Wildman–Crippen LogP) is 2.44. The molecule has 0 saturated carbocycles. The van der Waals surface area contributed by atoms with Crippen LogP contribution in [0.4, 0.5) is 0 Å². The second-order valence-corrected chi connectivity index (χ2v) is 2.74. The molecule has 1 heterocycles. The molecule has 0 saturated heterocycles. The summed E-state index contributed by atoms with van der Waals surface area (Å²) in [6.07, 6.45) is 3.10. The summed E-state index contributed by atoms with van der Waals surface area (Å²) < 4.78 is 5.16. The molecule has 2 heteroatoms. The van der Waals surface area contributed by atoms with E-state index in [-0.39, 0.29) is 5.43 Å². The highest BCUT2D eigenvalue weighted by molar-refractivity contribution is 5.78. The van der Waals surface area contributed by atoms with Gasteiger partial charge in [0.15, 0.2) is 5.43 Å². The minimum absolute atomic E-state index is 0.0232. The van der Waals surface area contributed by atoms with Crippen LogP contribution in [0.1, 0.15) is 5.56 Å². The Morgan fingerprint density at radius 1 is 1.31 bits per heavy atom. The molecule has 0 unspecified atom stereocenters. The largest absolute Gasteiger partial charge is 0.464 e. The molecule has 0 aliphatic carbocycles. The minimum atomic E-state index is -0.0232. The van der Waals surface area contributed by atoms with Gasteiger partial charge in [-0.15, -0.1) is 0 Å². The molecule has 1 aromatic carbocycles. The van der Waals surface area contributed by atoms with Crippen LogP contribution in [-0.4, -0.2) is 0 Å². The molecule has 0 bridgehead atoms. The second-order valence-electron chi connectivity index (χ2n) is 2.74. The summed E-state index contributed by atoms with van der Waals surface area (Å²) in [5.41, 5.74) is 1.51. The smallest absolute Gasteiger partial charge is 0.192 e. The van der Waals surface area contributed by atoms with Crippen molar-refractivity contribution in [2.24, 2.45) is 0 Å². The van der Waals surface area contributed by atoms with Gasteiger partial charge in [-0.2, -0.15) is 0 Å². The first-order valence-corrected chi connectivity index (χ1v) is 3.95. The van der Waals surface area contributed by atoms with Gasteiger partial charge in [0.1, 0.15) is 5.58 Å². The first-order valence-electron chi connectivity index (χ1n) is 3.95. The van der Waals surface area contributed by atoms with Crippen molar-refractivity contribution in [1.82, 2.24) is 0 Å². The summed E-state index contributed by atoms with van der Waals surface area (Å²) in [5.74, 6) is 0. The van der Waals surface area contributed by atoms with Crippen LogP contribution < -0.4 is 5.43 Å². The van der Waals surface area contributed by atoms with Gasteiger partial charge in [0.05, 0.1) is 11.6 Å². The predicted molar refractivity (Wildman–Crippen MR) is 52.6 cm³/mol. The molecule has 64 valence electrons. The molecule has 0 spiro atoms. The van der Waals surface area contributed by atoms with Crippen LogP contribution in [0.5, 0.6) is 0 Å². The SMILES string of the molecule is C=Cc1ccc2occc(=O)c2c1. The van der Waals surface area contributed by atoms with Gasteiger partial charge in [-0.3, -0.25) is 4.79 Å². The molecule has 2 aromatic rings. The van der Waals surface area contributed by atoms with E-state index in [2.05, 4.69) is 6.58 Å². The molecule has 0 aliphatic rings. The monoisotopic (exact) mass is 172 g/mol. The second kappa shape index (κ2) is 2.90. The lowest BCUT2D eigenvalue weighted by Gasteiger charge is -1.96. The van der Waals surface area contributed by atoms with Gasteiger partial charge in [-0.05, 0) is 17.7 Å². The molecular weight excluding hydrogens is 164 g/mol. The van der Waals surface area contributed by atoms with Crippen molar-refractivity contribution in [2.45, 2.75) is 0 Å². The van der Waals surface area contributed by atoms with Crippen LogP contribution in [0, 0.1) is 0 Å². The summed E-state index contributed by atoms with van der Waals surface area (Å²) in [5, 5.41) is 0.597. The van der Waals surface area contributed by atoms with Crippen LogP contribution in [0.3, 0.4) is 0 Å². The van der Waals surface area contributed by atoms with Gasteiger partial charge in [0.2, 0.25) is 0 Å². The maximum atomic E-state index is 11.4. The van der Waals surface area contributed by atoms with Crippen molar-refractivity contribution >= 4 is 17.0 Å². The third-order valence-corrected chi connectivity index (χ3v) is 1.92. The Morgan fingerprint density at radius 2 is 2.15 bits per heavy atom. The lowest BCUT2D eigenvalue weighted by Crippen LogP contribution is -1.97. The van der Waals surface area contributed by atoms with Gasteiger partial charge in [0, 0.05) is 6.07 Å². The van der Waals surface area contributed by atoms with Crippen molar-refractivity contribution in [2.75, 3.05) is 0 Å². The molecule has 0 fully saturated rings. The number of hydrogen-bond acceptors (Lipinski definition) is 2. The van der Waals surface area contributed by atoms with Crippen molar-refractivity contribution in [1.29, 1.82) is 0 Å². The number of hydrogen-bond donors (Lipinski definition) is 0. The van der Waals surface area contributed by atoms with Crippen LogP contribution in [-0.2, 0) is 0 Å². The molecule has 0 radical (unpaired) electrons. The van der Waals surface area contributed by atoms with E-state index in [1.807, 2.05) is 6.07 Å². The molecule has 0 aliphatic heterocycles. The Labute approximate surface area is 75.1 Å². The average molecular weight is 172 g/mol. The molecule has 0 amide bonds. The Kier molecular flexibility index (Phi) is 1.74. The highest BCUT2D eigenvalue weighted by atomic mass is 16.3. The summed E-state index contributed by atoms with van der Waals surface area (Å²) in [7, 11) is 0. The van der Waals surface area contributed by atoms with Crippen molar-refractivity contribution in [3.05, 3.63) is 52.9 Å². The van der Waals surface area contributed by atoms with Crippen molar-refractivity contribution in [3.8, 4) is 0 Å². The molecule has 0 N–H and O–H groups in total. The zero-order valence-corrected chi connectivity index (χ0v) is 6.99. The van der Waals surface area contributed by atoms with E-state index >= 15 is 0 Å². The van der Waals surface area contributed by atoms with E-state index in [1.54, 1.807) is 18.2 Å². The van der Waals surface area contributed by atoms with Crippen LogP contribution in [0.2, 0.25) is 0 Å². The van der Waals surface area contributed by atoms with Crippen LogP contribution >= 0.6 is 0 Å². The summed E-state index contributed by atoms with van der Waals surface area (Å²) in [6.45, 7) is 3.63. The molecular formula is C11H8O2. The Balaban J connectivity index is 2.90. The Bertz CT molecular complexity index is 509. The third-order valence-electron chi connectivity index (χ3n) is 1.92. The Morgan fingerprint density at radius 3 is 2.92 bits per heavy atom. The quantitative estimate of drug-likeness (QED) is 0.661. The standard InChI is InChI=1S/C11H8O2/c1-2-8-3-4-11-9(7-8)10(12)5-6-13-11/h2-7H,1H2.